The van der Waals surface area contributed by atoms with Crippen molar-refractivity contribution in [2.45, 2.75) is 25.9 Å². The summed E-state index contributed by atoms with van der Waals surface area (Å²) in [5, 5.41) is 17.2. The summed E-state index contributed by atoms with van der Waals surface area (Å²) < 4.78 is 0. The fourth-order valence-corrected chi connectivity index (χ4v) is 4.53. The van der Waals surface area contributed by atoms with E-state index < -0.39 is 0 Å². The first-order valence-electron chi connectivity index (χ1n) is 12.2. The van der Waals surface area contributed by atoms with Crippen LogP contribution in [0.2, 0.25) is 0 Å². The average molecular weight is 483 g/mol. The summed E-state index contributed by atoms with van der Waals surface area (Å²) in [5.74, 6) is -0.0542. The number of carbonyl (C=O) groups excluding carboxylic acids is 2. The number of aromatic nitrogens is 2. The minimum Gasteiger partial charge on any atom is -0.369 e. The average Bonchev–Trinajstić information content (AvgIpc) is 3.31. The van der Waals surface area contributed by atoms with Crippen LogP contribution in [0.25, 0.3) is 10.9 Å². The Morgan fingerprint density at radius 2 is 1.75 bits per heavy atom. The van der Waals surface area contributed by atoms with E-state index in [2.05, 4.69) is 38.0 Å². The van der Waals surface area contributed by atoms with Gasteiger partial charge in [0.25, 0.3) is 11.8 Å². The smallest absolute Gasteiger partial charge is 0.256 e. The van der Waals surface area contributed by atoms with Gasteiger partial charge in [-0.15, -0.1) is 0 Å². The Morgan fingerprint density at radius 1 is 1.00 bits per heavy atom. The molecule has 1 fully saturated rings. The Morgan fingerprint density at radius 3 is 2.50 bits per heavy atom. The van der Waals surface area contributed by atoms with Crippen molar-refractivity contribution >= 4 is 34.2 Å². The lowest BCUT2D eigenvalue weighted by Crippen LogP contribution is -2.49. The number of nitrogens with one attached hydrogen (secondary N) is 4. The summed E-state index contributed by atoms with van der Waals surface area (Å²) in [6.45, 7) is 6.94. The quantitative estimate of drug-likeness (QED) is 0.331. The van der Waals surface area contributed by atoms with Crippen LogP contribution in [0.3, 0.4) is 0 Å². The molecular weight excluding hydrogens is 452 g/mol. The molecule has 2 amide bonds. The van der Waals surface area contributed by atoms with Gasteiger partial charge in [0.1, 0.15) is 0 Å². The molecule has 1 aliphatic heterocycles. The van der Waals surface area contributed by atoms with E-state index in [4.69, 9.17) is 0 Å². The number of amides is 2. The van der Waals surface area contributed by atoms with E-state index in [1.165, 1.54) is 0 Å². The summed E-state index contributed by atoms with van der Waals surface area (Å²) in [6, 6.07) is 23.0. The van der Waals surface area contributed by atoms with Crippen molar-refractivity contribution in [3.05, 3.63) is 89.5 Å². The SMILES string of the molecule is CC1CN(c2ccc(C(=O)Nc3n[nH]c4ccc(C(=O)NC(C)c5ccccc5)cc34)cc2)CCN1. The molecule has 5 rings (SSSR count). The van der Waals surface area contributed by atoms with Gasteiger partial charge in [-0.25, -0.2) is 0 Å². The molecule has 3 aromatic carbocycles. The lowest BCUT2D eigenvalue weighted by Gasteiger charge is -2.33. The third-order valence-electron chi connectivity index (χ3n) is 6.57. The molecule has 0 radical (unpaired) electrons. The largest absolute Gasteiger partial charge is 0.369 e. The van der Waals surface area contributed by atoms with Gasteiger partial charge >= 0.3 is 0 Å². The highest BCUT2D eigenvalue weighted by molar-refractivity contribution is 6.09. The molecule has 4 N–H and O–H groups in total. The van der Waals surface area contributed by atoms with Crippen LogP contribution in [0.15, 0.2) is 72.8 Å². The maximum absolute atomic E-state index is 12.9. The van der Waals surface area contributed by atoms with E-state index in [1.54, 1.807) is 18.2 Å². The van der Waals surface area contributed by atoms with Gasteiger partial charge in [0.2, 0.25) is 0 Å². The van der Waals surface area contributed by atoms with Crippen molar-refractivity contribution in [1.29, 1.82) is 0 Å². The zero-order valence-corrected chi connectivity index (χ0v) is 20.4. The van der Waals surface area contributed by atoms with Crippen molar-refractivity contribution in [1.82, 2.24) is 20.8 Å². The highest BCUT2D eigenvalue weighted by atomic mass is 16.2. The van der Waals surface area contributed by atoms with Crippen LogP contribution in [-0.2, 0) is 0 Å². The van der Waals surface area contributed by atoms with Gasteiger partial charge in [0, 0.05) is 47.9 Å². The summed E-state index contributed by atoms with van der Waals surface area (Å²) in [7, 11) is 0. The molecule has 1 saturated heterocycles. The number of carbonyl (C=O) groups is 2. The molecule has 36 heavy (non-hydrogen) atoms. The second-order valence-corrected chi connectivity index (χ2v) is 9.24. The molecule has 184 valence electrons. The van der Waals surface area contributed by atoms with E-state index in [0.717, 1.165) is 36.4 Å². The van der Waals surface area contributed by atoms with Crippen LogP contribution in [0.5, 0.6) is 0 Å². The topological polar surface area (TPSA) is 102 Å². The second-order valence-electron chi connectivity index (χ2n) is 9.24. The zero-order valence-electron chi connectivity index (χ0n) is 20.4. The Balaban J connectivity index is 1.29. The standard InChI is InChI=1S/C28H30N6O2/c1-18-17-34(15-14-29-18)23-11-8-21(9-12-23)27(35)31-26-24-16-22(10-13-25(24)32-33-26)28(36)30-19(2)20-6-4-3-5-7-20/h3-13,16,18-19,29H,14-15,17H2,1-2H3,(H,30,36)(H2,31,32,33,35). The predicted molar refractivity (Wildman–Crippen MR) is 142 cm³/mol. The molecule has 4 aromatic rings. The van der Waals surface area contributed by atoms with Gasteiger partial charge in [-0.05, 0) is 61.9 Å². The van der Waals surface area contributed by atoms with Gasteiger partial charge < -0.3 is 20.9 Å². The normalized spacial score (nSPS) is 16.5. The van der Waals surface area contributed by atoms with Crippen LogP contribution in [0.1, 0.15) is 46.2 Å². The summed E-state index contributed by atoms with van der Waals surface area (Å²) in [6.07, 6.45) is 0. The second kappa shape index (κ2) is 10.2. The Labute approximate surface area is 210 Å². The highest BCUT2D eigenvalue weighted by Gasteiger charge is 2.18. The van der Waals surface area contributed by atoms with Crippen LogP contribution < -0.4 is 20.9 Å². The summed E-state index contributed by atoms with van der Waals surface area (Å²) in [5.41, 5.74) is 3.91. The zero-order chi connectivity index (χ0) is 25.1. The molecule has 0 saturated carbocycles. The van der Waals surface area contributed by atoms with E-state index in [0.29, 0.717) is 28.4 Å². The van der Waals surface area contributed by atoms with Crippen LogP contribution in [0.4, 0.5) is 11.5 Å². The number of fused-ring (bicyclic) bond motifs is 1. The number of hydrogen-bond donors (Lipinski definition) is 4. The van der Waals surface area contributed by atoms with Gasteiger partial charge in [-0.1, -0.05) is 30.3 Å². The number of aromatic amines is 1. The Hall–Kier alpha value is -4.17. The number of rotatable bonds is 6. The third kappa shape index (κ3) is 5.08. The van der Waals surface area contributed by atoms with E-state index in [9.17, 15) is 9.59 Å². The lowest BCUT2D eigenvalue weighted by molar-refractivity contribution is 0.0939. The Bertz CT molecular complexity index is 1370. The van der Waals surface area contributed by atoms with E-state index in [1.807, 2.05) is 61.5 Å². The number of benzene rings is 3. The number of anilines is 2. The predicted octanol–water partition coefficient (Wildman–Crippen LogP) is 4.10. The molecule has 1 aromatic heterocycles. The molecule has 2 atom stereocenters. The summed E-state index contributed by atoms with van der Waals surface area (Å²) in [4.78, 5) is 28.2. The Kier molecular flexibility index (Phi) is 6.69. The van der Waals surface area contributed by atoms with Crippen molar-refractivity contribution in [3.63, 3.8) is 0 Å². The first-order valence-corrected chi connectivity index (χ1v) is 12.2. The molecular formula is C28H30N6O2. The number of hydrogen-bond acceptors (Lipinski definition) is 5. The third-order valence-corrected chi connectivity index (χ3v) is 6.57. The lowest BCUT2D eigenvalue weighted by atomic mass is 10.1. The fraction of sp³-hybridized carbons (Fsp3) is 0.250. The maximum atomic E-state index is 12.9. The highest BCUT2D eigenvalue weighted by Crippen LogP contribution is 2.24. The fourth-order valence-electron chi connectivity index (χ4n) is 4.53. The van der Waals surface area contributed by atoms with Crippen molar-refractivity contribution < 1.29 is 9.59 Å². The molecule has 2 unspecified atom stereocenters. The van der Waals surface area contributed by atoms with Gasteiger partial charge in [0.15, 0.2) is 5.82 Å². The molecule has 8 heteroatoms. The van der Waals surface area contributed by atoms with E-state index in [-0.39, 0.29) is 17.9 Å². The monoisotopic (exact) mass is 482 g/mol. The van der Waals surface area contributed by atoms with Crippen LogP contribution in [0, 0.1) is 0 Å². The number of H-pyrrole nitrogens is 1. The molecule has 2 heterocycles. The molecule has 0 bridgehead atoms. The van der Waals surface area contributed by atoms with Gasteiger partial charge in [-0.2, -0.15) is 5.10 Å². The van der Waals surface area contributed by atoms with E-state index >= 15 is 0 Å². The number of piperazine rings is 1. The van der Waals surface area contributed by atoms with Gasteiger partial charge in [-0.3, -0.25) is 14.7 Å². The van der Waals surface area contributed by atoms with Crippen LogP contribution in [-0.4, -0.2) is 47.7 Å². The number of nitrogens with zero attached hydrogens (tertiary/aromatic N) is 2. The molecule has 8 nitrogen and oxygen atoms in total. The maximum Gasteiger partial charge on any atom is 0.256 e. The van der Waals surface area contributed by atoms with Crippen molar-refractivity contribution in [2.75, 3.05) is 29.9 Å². The minimum absolute atomic E-state index is 0.134. The first kappa shape index (κ1) is 23.6. The first-order chi connectivity index (χ1) is 17.5. The van der Waals surface area contributed by atoms with Crippen molar-refractivity contribution in [3.8, 4) is 0 Å². The summed E-state index contributed by atoms with van der Waals surface area (Å²) >= 11 is 0. The van der Waals surface area contributed by atoms with Crippen molar-refractivity contribution in [2.24, 2.45) is 0 Å². The molecule has 0 spiro atoms. The molecule has 1 aliphatic rings. The minimum atomic E-state index is -0.254. The van der Waals surface area contributed by atoms with Gasteiger partial charge in [0.05, 0.1) is 11.6 Å². The molecule has 0 aliphatic carbocycles. The van der Waals surface area contributed by atoms with Crippen LogP contribution >= 0.6 is 0 Å².